The first-order valence-corrected chi connectivity index (χ1v) is 6.31. The topological polar surface area (TPSA) is 60.5 Å². The Morgan fingerprint density at radius 2 is 2.29 bits per heavy atom. The maximum absolute atomic E-state index is 11.5. The van der Waals surface area contributed by atoms with Crippen molar-refractivity contribution in [1.29, 1.82) is 0 Å². The summed E-state index contributed by atoms with van der Waals surface area (Å²) in [6.07, 6.45) is 0.102. The molecule has 96 valence electrons. The van der Waals surface area contributed by atoms with Gasteiger partial charge in [0, 0.05) is 18.5 Å². The van der Waals surface area contributed by atoms with Crippen LogP contribution in [-0.4, -0.2) is 37.3 Å². The van der Waals surface area contributed by atoms with Gasteiger partial charge in [0.2, 0.25) is 0 Å². The molecule has 0 spiro atoms. The van der Waals surface area contributed by atoms with E-state index in [1.54, 1.807) is 14.0 Å². The SMILES string of the molecule is CCOC(=O)c1nc(NCC(C)OC)sc1C. The second-order valence-corrected chi connectivity index (χ2v) is 4.77. The molecule has 1 rings (SSSR count). The monoisotopic (exact) mass is 258 g/mol. The number of esters is 1. The van der Waals surface area contributed by atoms with Crippen LogP contribution in [-0.2, 0) is 9.47 Å². The van der Waals surface area contributed by atoms with E-state index in [-0.39, 0.29) is 12.1 Å². The van der Waals surface area contributed by atoms with Crippen molar-refractivity contribution in [3.8, 4) is 0 Å². The zero-order valence-corrected chi connectivity index (χ0v) is 11.4. The normalized spacial score (nSPS) is 12.2. The molecular formula is C11H18N2O3S. The van der Waals surface area contributed by atoms with Crippen molar-refractivity contribution >= 4 is 22.4 Å². The van der Waals surface area contributed by atoms with Crippen LogP contribution in [0, 0.1) is 6.92 Å². The summed E-state index contributed by atoms with van der Waals surface area (Å²) < 4.78 is 10.0. The minimum atomic E-state index is -0.367. The van der Waals surface area contributed by atoms with Crippen molar-refractivity contribution < 1.29 is 14.3 Å². The number of aromatic nitrogens is 1. The minimum absolute atomic E-state index is 0.102. The number of methoxy groups -OCH3 is 1. The van der Waals surface area contributed by atoms with Gasteiger partial charge in [-0.25, -0.2) is 9.78 Å². The Morgan fingerprint density at radius 3 is 2.88 bits per heavy atom. The average molecular weight is 258 g/mol. The predicted molar refractivity (Wildman–Crippen MR) is 67.8 cm³/mol. The van der Waals surface area contributed by atoms with E-state index in [9.17, 15) is 4.79 Å². The van der Waals surface area contributed by atoms with E-state index in [4.69, 9.17) is 9.47 Å². The van der Waals surface area contributed by atoms with Gasteiger partial charge in [-0.2, -0.15) is 0 Å². The highest BCUT2D eigenvalue weighted by Gasteiger charge is 2.16. The van der Waals surface area contributed by atoms with Crippen LogP contribution in [0.2, 0.25) is 0 Å². The lowest BCUT2D eigenvalue weighted by Gasteiger charge is -2.08. The van der Waals surface area contributed by atoms with Crippen molar-refractivity contribution in [3.63, 3.8) is 0 Å². The Balaban J connectivity index is 2.64. The largest absolute Gasteiger partial charge is 0.461 e. The third-order valence-electron chi connectivity index (χ3n) is 2.21. The molecule has 5 nitrogen and oxygen atoms in total. The number of hydrogen-bond donors (Lipinski definition) is 1. The number of hydrogen-bond acceptors (Lipinski definition) is 6. The smallest absolute Gasteiger partial charge is 0.358 e. The molecule has 6 heteroatoms. The first-order valence-electron chi connectivity index (χ1n) is 5.49. The summed E-state index contributed by atoms with van der Waals surface area (Å²) >= 11 is 1.44. The van der Waals surface area contributed by atoms with Crippen LogP contribution < -0.4 is 5.32 Å². The Bertz CT molecular complexity index is 379. The molecule has 0 fully saturated rings. The van der Waals surface area contributed by atoms with Gasteiger partial charge in [-0.15, -0.1) is 11.3 Å². The average Bonchev–Trinajstić information content (AvgIpc) is 2.68. The standard InChI is InChI=1S/C11H18N2O3S/c1-5-16-10(14)9-8(3)17-11(13-9)12-6-7(2)15-4/h7H,5-6H2,1-4H3,(H,12,13). The van der Waals surface area contributed by atoms with E-state index in [0.717, 1.165) is 10.0 Å². The van der Waals surface area contributed by atoms with Crippen molar-refractivity contribution in [3.05, 3.63) is 10.6 Å². The molecular weight excluding hydrogens is 240 g/mol. The molecule has 0 aliphatic heterocycles. The molecule has 17 heavy (non-hydrogen) atoms. The van der Waals surface area contributed by atoms with Gasteiger partial charge in [0.25, 0.3) is 0 Å². The lowest BCUT2D eigenvalue weighted by atomic mass is 10.4. The number of aryl methyl sites for hydroxylation is 1. The Hall–Kier alpha value is -1.14. The molecule has 0 radical (unpaired) electrons. The van der Waals surface area contributed by atoms with Gasteiger partial charge < -0.3 is 14.8 Å². The predicted octanol–water partition coefficient (Wildman–Crippen LogP) is 2.08. The maximum atomic E-state index is 11.5. The Labute approximate surface area is 105 Å². The summed E-state index contributed by atoms with van der Waals surface area (Å²) in [4.78, 5) is 16.6. The Morgan fingerprint density at radius 1 is 1.59 bits per heavy atom. The second kappa shape index (κ2) is 6.56. The molecule has 1 aromatic heterocycles. The summed E-state index contributed by atoms with van der Waals surface area (Å²) in [7, 11) is 1.66. The van der Waals surface area contributed by atoms with E-state index >= 15 is 0 Å². The number of thiazole rings is 1. The highest BCUT2D eigenvalue weighted by molar-refractivity contribution is 7.15. The van der Waals surface area contributed by atoms with E-state index < -0.39 is 0 Å². The first kappa shape index (κ1) is 13.9. The highest BCUT2D eigenvalue weighted by atomic mass is 32.1. The number of rotatable bonds is 6. The molecule has 1 heterocycles. The van der Waals surface area contributed by atoms with Crippen molar-refractivity contribution in [1.82, 2.24) is 4.98 Å². The molecule has 0 saturated carbocycles. The van der Waals surface area contributed by atoms with Crippen LogP contribution in [0.25, 0.3) is 0 Å². The molecule has 0 aliphatic carbocycles. The van der Waals surface area contributed by atoms with Gasteiger partial charge in [-0.3, -0.25) is 0 Å². The van der Waals surface area contributed by atoms with E-state index in [0.29, 0.717) is 18.8 Å². The minimum Gasteiger partial charge on any atom is -0.461 e. The molecule has 1 unspecified atom stereocenters. The fourth-order valence-electron chi connectivity index (χ4n) is 1.18. The third kappa shape index (κ3) is 3.98. The lowest BCUT2D eigenvalue weighted by Crippen LogP contribution is -2.18. The summed E-state index contributed by atoms with van der Waals surface area (Å²) in [5, 5.41) is 3.85. The fourth-order valence-corrected chi connectivity index (χ4v) is 1.98. The lowest BCUT2D eigenvalue weighted by molar-refractivity contribution is 0.0519. The van der Waals surface area contributed by atoms with Crippen molar-refractivity contribution in [2.24, 2.45) is 0 Å². The van der Waals surface area contributed by atoms with Crippen LogP contribution in [0.15, 0.2) is 0 Å². The van der Waals surface area contributed by atoms with Gasteiger partial charge in [0.1, 0.15) is 0 Å². The molecule has 0 aliphatic rings. The Kier molecular flexibility index (Phi) is 5.37. The number of nitrogens with one attached hydrogen (secondary N) is 1. The van der Waals surface area contributed by atoms with E-state index in [2.05, 4.69) is 10.3 Å². The van der Waals surface area contributed by atoms with E-state index in [1.807, 2.05) is 13.8 Å². The zero-order chi connectivity index (χ0) is 12.8. The van der Waals surface area contributed by atoms with Gasteiger partial charge in [-0.1, -0.05) is 0 Å². The number of anilines is 1. The van der Waals surface area contributed by atoms with Crippen LogP contribution in [0.4, 0.5) is 5.13 Å². The van der Waals surface area contributed by atoms with Gasteiger partial charge in [0.15, 0.2) is 10.8 Å². The molecule has 0 bridgehead atoms. The van der Waals surface area contributed by atoms with Crippen molar-refractivity contribution in [2.45, 2.75) is 26.9 Å². The summed E-state index contributed by atoms with van der Waals surface area (Å²) in [6, 6.07) is 0. The van der Waals surface area contributed by atoms with Crippen molar-refractivity contribution in [2.75, 3.05) is 25.6 Å². The number of ether oxygens (including phenoxy) is 2. The summed E-state index contributed by atoms with van der Waals surface area (Å²) in [6.45, 7) is 6.61. The quantitative estimate of drug-likeness (QED) is 0.792. The first-order chi connectivity index (χ1) is 8.08. The van der Waals surface area contributed by atoms with Crippen LogP contribution in [0.5, 0.6) is 0 Å². The second-order valence-electron chi connectivity index (χ2n) is 3.57. The number of nitrogens with zero attached hydrogens (tertiary/aromatic N) is 1. The third-order valence-corrected chi connectivity index (χ3v) is 3.14. The molecule has 1 atom stereocenters. The van der Waals surface area contributed by atoms with Crippen LogP contribution in [0.3, 0.4) is 0 Å². The van der Waals surface area contributed by atoms with Crippen LogP contribution >= 0.6 is 11.3 Å². The number of carbonyl (C=O) groups is 1. The molecule has 1 N–H and O–H groups in total. The van der Waals surface area contributed by atoms with Crippen LogP contribution in [0.1, 0.15) is 29.2 Å². The molecule has 1 aromatic rings. The highest BCUT2D eigenvalue weighted by Crippen LogP contribution is 2.22. The maximum Gasteiger partial charge on any atom is 0.358 e. The molecule has 0 saturated heterocycles. The fraction of sp³-hybridized carbons (Fsp3) is 0.636. The van der Waals surface area contributed by atoms with Gasteiger partial charge in [-0.05, 0) is 20.8 Å². The summed E-state index contributed by atoms with van der Waals surface area (Å²) in [5.74, 6) is -0.367. The summed E-state index contributed by atoms with van der Waals surface area (Å²) in [5.41, 5.74) is 0.393. The van der Waals surface area contributed by atoms with E-state index in [1.165, 1.54) is 11.3 Å². The zero-order valence-electron chi connectivity index (χ0n) is 10.6. The van der Waals surface area contributed by atoms with Gasteiger partial charge >= 0.3 is 5.97 Å². The molecule has 0 aromatic carbocycles. The van der Waals surface area contributed by atoms with Gasteiger partial charge in [0.05, 0.1) is 12.7 Å². The molecule has 0 amide bonds. The number of carbonyl (C=O) groups excluding carboxylic acids is 1.